The van der Waals surface area contributed by atoms with Crippen LogP contribution in [0.5, 0.6) is 0 Å². The summed E-state index contributed by atoms with van der Waals surface area (Å²) in [7, 11) is 0. The van der Waals surface area contributed by atoms with Crippen molar-refractivity contribution in [2.75, 3.05) is 0 Å². The number of rotatable bonds is 4. The Hall–Kier alpha value is -6.99. The number of fused-ring (bicyclic) bond motifs is 9. The Balaban J connectivity index is 0.980. The zero-order chi connectivity index (χ0) is 37.2. The molecule has 6 heteroatoms. The smallest absolute Gasteiger partial charge is 0.165 e. The van der Waals surface area contributed by atoms with Crippen molar-refractivity contribution in [1.82, 2.24) is 15.0 Å². The van der Waals surface area contributed by atoms with Crippen molar-refractivity contribution >= 4 is 107 Å². The van der Waals surface area contributed by atoms with Crippen molar-refractivity contribution in [2.45, 2.75) is 0 Å². The lowest BCUT2D eigenvalue weighted by molar-refractivity contribution is 0.669. The number of hydrogen-bond donors (Lipinski definition) is 0. The molecule has 0 aliphatic carbocycles. The van der Waals surface area contributed by atoms with Crippen LogP contribution in [0.3, 0.4) is 0 Å². The summed E-state index contributed by atoms with van der Waals surface area (Å²) in [6.07, 6.45) is 0. The highest BCUT2D eigenvalue weighted by Crippen LogP contribution is 2.47. The van der Waals surface area contributed by atoms with Crippen molar-refractivity contribution in [3.05, 3.63) is 164 Å². The minimum atomic E-state index is 0.604. The second kappa shape index (κ2) is 11.8. The molecule has 4 aromatic heterocycles. The zero-order valence-corrected chi connectivity index (χ0v) is 31.8. The van der Waals surface area contributed by atoms with E-state index in [1.54, 1.807) is 11.3 Å². The molecule has 4 nitrogen and oxygen atoms in total. The molecule has 0 saturated heterocycles. The molecule has 0 saturated carbocycles. The van der Waals surface area contributed by atoms with Gasteiger partial charge in [-0.25, -0.2) is 15.0 Å². The molecular formula is C51H27N3OS2. The summed E-state index contributed by atoms with van der Waals surface area (Å²) >= 11 is 3.66. The Kier molecular flexibility index (Phi) is 6.45. The number of aromatic nitrogens is 3. The van der Waals surface area contributed by atoms with E-state index in [4.69, 9.17) is 19.4 Å². The van der Waals surface area contributed by atoms with Crippen LogP contribution in [0.1, 0.15) is 0 Å². The third-order valence-corrected chi connectivity index (χ3v) is 13.8. The Morgan fingerprint density at radius 1 is 0.333 bits per heavy atom. The first-order chi connectivity index (χ1) is 28.2. The molecular weight excluding hydrogens is 735 g/mol. The third kappa shape index (κ3) is 4.63. The van der Waals surface area contributed by atoms with Gasteiger partial charge in [0, 0.05) is 67.8 Å². The lowest BCUT2D eigenvalue weighted by Crippen LogP contribution is -2.00. The van der Waals surface area contributed by atoms with Gasteiger partial charge in [-0.2, -0.15) is 0 Å². The normalized spacial score (nSPS) is 12.2. The van der Waals surface area contributed by atoms with Gasteiger partial charge in [0.05, 0.1) is 0 Å². The van der Waals surface area contributed by atoms with E-state index < -0.39 is 0 Å². The maximum atomic E-state index is 6.30. The molecule has 0 aliphatic rings. The molecule has 4 heterocycles. The quantitative estimate of drug-likeness (QED) is 0.168. The Bertz CT molecular complexity index is 3760. The van der Waals surface area contributed by atoms with E-state index in [-0.39, 0.29) is 0 Å². The summed E-state index contributed by atoms with van der Waals surface area (Å²) < 4.78 is 11.4. The van der Waals surface area contributed by atoms with Gasteiger partial charge < -0.3 is 4.42 Å². The summed E-state index contributed by atoms with van der Waals surface area (Å²) in [5, 5.41) is 12.6. The van der Waals surface area contributed by atoms with Gasteiger partial charge in [-0.3, -0.25) is 0 Å². The molecule has 264 valence electrons. The highest BCUT2D eigenvalue weighted by Gasteiger charge is 2.20. The summed E-state index contributed by atoms with van der Waals surface area (Å²) in [5.74, 6) is 1.88. The number of thiophene rings is 2. The predicted octanol–water partition coefficient (Wildman–Crippen LogP) is 14.9. The monoisotopic (exact) mass is 761 g/mol. The molecule has 0 bridgehead atoms. The molecule has 13 rings (SSSR count). The maximum absolute atomic E-state index is 6.30. The van der Waals surface area contributed by atoms with Crippen molar-refractivity contribution in [1.29, 1.82) is 0 Å². The maximum Gasteiger partial charge on any atom is 0.165 e. The molecule has 0 atom stereocenters. The van der Waals surface area contributed by atoms with Crippen molar-refractivity contribution in [3.63, 3.8) is 0 Å². The third-order valence-electron chi connectivity index (χ3n) is 11.5. The highest BCUT2D eigenvalue weighted by molar-refractivity contribution is 7.26. The van der Waals surface area contributed by atoms with E-state index >= 15 is 0 Å². The fourth-order valence-electron chi connectivity index (χ4n) is 8.86. The first-order valence-electron chi connectivity index (χ1n) is 19.0. The Morgan fingerprint density at radius 2 is 0.947 bits per heavy atom. The van der Waals surface area contributed by atoms with E-state index in [1.165, 1.54) is 67.5 Å². The van der Waals surface area contributed by atoms with Crippen LogP contribution in [0.15, 0.2) is 168 Å². The van der Waals surface area contributed by atoms with Crippen molar-refractivity contribution < 1.29 is 4.42 Å². The number of nitrogens with zero attached hydrogens (tertiary/aromatic N) is 3. The molecule has 0 fully saturated rings. The fourth-order valence-corrected chi connectivity index (χ4v) is 11.3. The number of hydrogen-bond acceptors (Lipinski definition) is 6. The summed E-state index contributed by atoms with van der Waals surface area (Å²) in [6, 6.07) is 58.3. The zero-order valence-electron chi connectivity index (χ0n) is 30.2. The van der Waals surface area contributed by atoms with Gasteiger partial charge in [0.25, 0.3) is 0 Å². The second-order valence-corrected chi connectivity index (χ2v) is 16.8. The van der Waals surface area contributed by atoms with E-state index in [2.05, 4.69) is 146 Å². The molecule has 0 radical (unpaired) electrons. The van der Waals surface area contributed by atoms with Gasteiger partial charge in [0.1, 0.15) is 11.2 Å². The van der Waals surface area contributed by atoms with Crippen LogP contribution in [-0.4, -0.2) is 15.0 Å². The van der Waals surface area contributed by atoms with E-state index in [9.17, 15) is 0 Å². The SMILES string of the molecule is c1ccc2c(c1)oc1cc(-c3nc(-c4ccc(-c5cc6sc7cccc8c9ccccc9c(c5)c6c78)cc4)nc(-c4cccc5c4sc4ccccc45)n3)ccc12. The molecule has 57 heavy (non-hydrogen) atoms. The fraction of sp³-hybridized carbons (Fsp3) is 0. The van der Waals surface area contributed by atoms with E-state index in [1.807, 2.05) is 29.5 Å². The van der Waals surface area contributed by atoms with Gasteiger partial charge in [-0.1, -0.05) is 115 Å². The van der Waals surface area contributed by atoms with E-state index in [0.29, 0.717) is 17.5 Å². The van der Waals surface area contributed by atoms with Gasteiger partial charge in [-0.15, -0.1) is 22.7 Å². The summed E-state index contributed by atoms with van der Waals surface area (Å²) in [5.41, 5.74) is 6.81. The topological polar surface area (TPSA) is 51.8 Å². The Morgan fingerprint density at radius 3 is 1.82 bits per heavy atom. The minimum Gasteiger partial charge on any atom is -0.456 e. The average molecular weight is 762 g/mol. The molecule has 9 aromatic carbocycles. The second-order valence-electron chi connectivity index (χ2n) is 14.7. The van der Waals surface area contributed by atoms with Crippen molar-refractivity contribution in [2.24, 2.45) is 0 Å². The van der Waals surface area contributed by atoms with Gasteiger partial charge in [0.2, 0.25) is 0 Å². The van der Waals surface area contributed by atoms with Gasteiger partial charge in [-0.05, 0) is 81.2 Å². The van der Waals surface area contributed by atoms with Crippen molar-refractivity contribution in [3.8, 4) is 45.3 Å². The number of furan rings is 1. The average Bonchev–Trinajstić information content (AvgIpc) is 3.97. The Labute approximate surface area is 333 Å². The standard InChI is InChI=1S/C51H27N3OS2/c1-2-10-33-32(9-1)37-13-8-18-44-46(37)47-40(33)25-31(27-45(47)56-44)28-19-21-29(22-20-28)49-52-50(30-23-24-35-34-11-3-5-16-41(34)55-42(35)26-30)54-51(53-49)39-15-7-14-38-36-12-4-6-17-43(36)57-48(38)39/h1-27H. The van der Waals surface area contributed by atoms with Crippen LogP contribution in [0.4, 0.5) is 0 Å². The number of benzene rings is 9. The number of para-hydroxylation sites is 1. The summed E-state index contributed by atoms with van der Waals surface area (Å²) in [4.78, 5) is 15.5. The predicted molar refractivity (Wildman–Crippen MR) is 241 cm³/mol. The molecule has 0 spiro atoms. The first-order valence-corrected chi connectivity index (χ1v) is 20.6. The van der Waals surface area contributed by atoms with Crippen LogP contribution in [-0.2, 0) is 0 Å². The molecule has 0 aliphatic heterocycles. The molecule has 0 N–H and O–H groups in total. The lowest BCUT2D eigenvalue weighted by atomic mass is 9.92. The molecule has 0 unspecified atom stereocenters. The highest BCUT2D eigenvalue weighted by atomic mass is 32.1. The summed E-state index contributed by atoms with van der Waals surface area (Å²) in [6.45, 7) is 0. The van der Waals surface area contributed by atoms with Crippen LogP contribution >= 0.6 is 22.7 Å². The van der Waals surface area contributed by atoms with Crippen LogP contribution in [0.25, 0.3) is 129 Å². The molecule has 13 aromatic rings. The van der Waals surface area contributed by atoms with Crippen LogP contribution in [0.2, 0.25) is 0 Å². The van der Waals surface area contributed by atoms with E-state index in [0.717, 1.165) is 44.2 Å². The lowest BCUT2D eigenvalue weighted by Gasteiger charge is -2.12. The minimum absolute atomic E-state index is 0.604. The van der Waals surface area contributed by atoms with Gasteiger partial charge >= 0.3 is 0 Å². The van der Waals surface area contributed by atoms with Crippen LogP contribution in [0, 0.1) is 0 Å². The van der Waals surface area contributed by atoms with Crippen LogP contribution < -0.4 is 0 Å². The largest absolute Gasteiger partial charge is 0.456 e. The van der Waals surface area contributed by atoms with Gasteiger partial charge in [0.15, 0.2) is 17.5 Å². The first kappa shape index (κ1) is 31.2. The molecule has 0 amide bonds.